The summed E-state index contributed by atoms with van der Waals surface area (Å²) < 4.78 is 34.9. The summed E-state index contributed by atoms with van der Waals surface area (Å²) in [6.45, 7) is -0.576. The first-order valence-corrected chi connectivity index (χ1v) is 4.14. The summed E-state index contributed by atoms with van der Waals surface area (Å²) in [7, 11) is 2.56. The molecule has 0 fully saturated rings. The SMILES string of the molecule is COc1cnc(OC)c(CO)c1C(F)F. The molecule has 0 aromatic carbocycles. The normalized spacial score (nSPS) is 10.5. The average Bonchev–Trinajstić information content (AvgIpc) is 2.26. The van der Waals surface area contributed by atoms with E-state index in [1.165, 1.54) is 14.2 Å². The zero-order valence-corrected chi connectivity index (χ0v) is 8.33. The van der Waals surface area contributed by atoms with E-state index >= 15 is 0 Å². The lowest BCUT2D eigenvalue weighted by atomic mass is 10.1. The molecular weight excluding hydrogens is 208 g/mol. The van der Waals surface area contributed by atoms with E-state index in [2.05, 4.69) is 4.98 Å². The van der Waals surface area contributed by atoms with Crippen LogP contribution < -0.4 is 9.47 Å². The van der Waals surface area contributed by atoms with Crippen LogP contribution in [0, 0.1) is 0 Å². The van der Waals surface area contributed by atoms with Crippen molar-refractivity contribution in [2.45, 2.75) is 13.0 Å². The lowest BCUT2D eigenvalue weighted by Crippen LogP contribution is -2.04. The lowest BCUT2D eigenvalue weighted by Gasteiger charge is -2.13. The molecule has 0 bridgehead atoms. The lowest BCUT2D eigenvalue weighted by molar-refractivity contribution is 0.141. The van der Waals surface area contributed by atoms with Crippen molar-refractivity contribution in [3.8, 4) is 11.6 Å². The van der Waals surface area contributed by atoms with Crippen molar-refractivity contribution in [3.05, 3.63) is 17.3 Å². The largest absolute Gasteiger partial charge is 0.495 e. The summed E-state index contributed by atoms with van der Waals surface area (Å²) in [5.74, 6) is -0.0801. The van der Waals surface area contributed by atoms with Crippen LogP contribution in [-0.4, -0.2) is 24.3 Å². The minimum atomic E-state index is -2.75. The second-order valence-corrected chi connectivity index (χ2v) is 2.69. The van der Waals surface area contributed by atoms with Gasteiger partial charge >= 0.3 is 0 Å². The molecule has 0 atom stereocenters. The molecule has 0 aliphatic rings. The van der Waals surface area contributed by atoms with E-state index in [-0.39, 0.29) is 22.8 Å². The highest BCUT2D eigenvalue weighted by Gasteiger charge is 2.22. The van der Waals surface area contributed by atoms with E-state index in [1.54, 1.807) is 0 Å². The summed E-state index contributed by atoms with van der Waals surface area (Å²) >= 11 is 0. The van der Waals surface area contributed by atoms with Gasteiger partial charge in [0.05, 0.1) is 38.2 Å². The van der Waals surface area contributed by atoms with Crippen molar-refractivity contribution in [2.75, 3.05) is 14.2 Å². The van der Waals surface area contributed by atoms with Crippen LogP contribution in [-0.2, 0) is 6.61 Å². The number of methoxy groups -OCH3 is 2. The molecule has 4 nitrogen and oxygen atoms in total. The van der Waals surface area contributed by atoms with Crippen LogP contribution in [0.3, 0.4) is 0 Å². The number of hydrogen-bond acceptors (Lipinski definition) is 4. The summed E-state index contributed by atoms with van der Waals surface area (Å²) in [4.78, 5) is 3.74. The monoisotopic (exact) mass is 219 g/mol. The van der Waals surface area contributed by atoms with Crippen LogP contribution in [0.5, 0.6) is 11.6 Å². The van der Waals surface area contributed by atoms with E-state index in [9.17, 15) is 8.78 Å². The highest BCUT2D eigenvalue weighted by Crippen LogP contribution is 2.35. The molecule has 84 valence electrons. The average molecular weight is 219 g/mol. The first kappa shape index (κ1) is 11.6. The summed E-state index contributed by atoms with van der Waals surface area (Å²) in [5.41, 5.74) is -0.432. The zero-order chi connectivity index (χ0) is 11.4. The first-order valence-electron chi connectivity index (χ1n) is 4.14. The molecule has 1 aromatic heterocycles. The quantitative estimate of drug-likeness (QED) is 0.834. The Morgan fingerprint density at radius 3 is 2.47 bits per heavy atom. The van der Waals surface area contributed by atoms with E-state index in [1.807, 2.05) is 0 Å². The fourth-order valence-electron chi connectivity index (χ4n) is 1.26. The number of pyridine rings is 1. The van der Waals surface area contributed by atoms with Crippen molar-refractivity contribution >= 4 is 0 Å². The highest BCUT2D eigenvalue weighted by molar-refractivity contribution is 5.44. The van der Waals surface area contributed by atoms with Gasteiger partial charge in [-0.05, 0) is 0 Å². The molecule has 1 N–H and O–H groups in total. The fraction of sp³-hybridized carbons (Fsp3) is 0.444. The van der Waals surface area contributed by atoms with E-state index < -0.39 is 13.0 Å². The van der Waals surface area contributed by atoms with Crippen molar-refractivity contribution in [1.29, 1.82) is 0 Å². The van der Waals surface area contributed by atoms with Gasteiger partial charge in [-0.2, -0.15) is 0 Å². The second-order valence-electron chi connectivity index (χ2n) is 2.69. The number of ether oxygens (including phenoxy) is 2. The number of hydrogen-bond donors (Lipinski definition) is 1. The number of aliphatic hydroxyl groups is 1. The van der Waals surface area contributed by atoms with E-state index in [4.69, 9.17) is 14.6 Å². The number of aromatic nitrogens is 1. The number of halogens is 2. The third kappa shape index (κ3) is 2.15. The Labute approximate surface area is 85.5 Å². The van der Waals surface area contributed by atoms with Gasteiger partial charge in [0.25, 0.3) is 6.43 Å². The Balaban J connectivity index is 3.37. The van der Waals surface area contributed by atoms with Crippen LogP contribution in [0.25, 0.3) is 0 Å². The number of alkyl halides is 2. The highest BCUT2D eigenvalue weighted by atomic mass is 19.3. The van der Waals surface area contributed by atoms with Gasteiger partial charge in [-0.15, -0.1) is 0 Å². The van der Waals surface area contributed by atoms with Crippen LogP contribution in [0.15, 0.2) is 6.20 Å². The van der Waals surface area contributed by atoms with Gasteiger partial charge in [0.15, 0.2) is 0 Å². The first-order chi connectivity index (χ1) is 7.15. The smallest absolute Gasteiger partial charge is 0.268 e. The predicted octanol–water partition coefficient (Wildman–Crippen LogP) is 1.53. The van der Waals surface area contributed by atoms with Gasteiger partial charge < -0.3 is 14.6 Å². The van der Waals surface area contributed by atoms with E-state index in [0.29, 0.717) is 0 Å². The predicted molar refractivity (Wildman–Crippen MR) is 48.2 cm³/mol. The number of aliphatic hydroxyl groups excluding tert-OH is 1. The Morgan fingerprint density at radius 1 is 1.40 bits per heavy atom. The Hall–Kier alpha value is -1.43. The van der Waals surface area contributed by atoms with Crippen LogP contribution in [0.2, 0.25) is 0 Å². The van der Waals surface area contributed by atoms with Crippen LogP contribution in [0.1, 0.15) is 17.6 Å². The molecule has 6 heteroatoms. The minimum Gasteiger partial charge on any atom is -0.495 e. The van der Waals surface area contributed by atoms with Crippen LogP contribution in [0.4, 0.5) is 8.78 Å². The molecule has 1 aromatic rings. The van der Waals surface area contributed by atoms with Gasteiger partial charge in [-0.25, -0.2) is 13.8 Å². The standard InChI is InChI=1S/C9H11F2NO3/c1-14-6-3-12-9(15-2)5(4-13)7(6)8(10)11/h3,8,13H,4H2,1-2H3. The van der Waals surface area contributed by atoms with Crippen molar-refractivity contribution < 1.29 is 23.4 Å². The topological polar surface area (TPSA) is 51.6 Å². The Morgan fingerprint density at radius 2 is 2.07 bits per heavy atom. The molecule has 0 aliphatic carbocycles. The molecule has 0 radical (unpaired) electrons. The molecular formula is C9H11F2NO3. The Kier molecular flexibility index (Phi) is 3.79. The molecule has 0 spiro atoms. The van der Waals surface area contributed by atoms with Gasteiger partial charge in [0.1, 0.15) is 5.75 Å². The van der Waals surface area contributed by atoms with Crippen molar-refractivity contribution in [3.63, 3.8) is 0 Å². The molecule has 0 aliphatic heterocycles. The van der Waals surface area contributed by atoms with Crippen molar-refractivity contribution in [2.24, 2.45) is 0 Å². The summed E-state index contributed by atoms with van der Waals surface area (Å²) in [5, 5.41) is 8.99. The second kappa shape index (κ2) is 4.88. The minimum absolute atomic E-state index is 0.0198. The zero-order valence-electron chi connectivity index (χ0n) is 8.33. The third-order valence-corrected chi connectivity index (χ3v) is 1.94. The molecule has 15 heavy (non-hydrogen) atoms. The van der Waals surface area contributed by atoms with Gasteiger partial charge in [0.2, 0.25) is 5.88 Å². The molecule has 0 saturated carbocycles. The maximum Gasteiger partial charge on any atom is 0.268 e. The van der Waals surface area contributed by atoms with Crippen molar-refractivity contribution in [1.82, 2.24) is 4.98 Å². The molecule has 1 heterocycles. The molecule has 1 rings (SSSR count). The number of rotatable bonds is 4. The maximum absolute atomic E-state index is 12.7. The summed E-state index contributed by atoms with van der Waals surface area (Å²) in [6, 6.07) is 0. The van der Waals surface area contributed by atoms with Gasteiger partial charge in [0, 0.05) is 0 Å². The van der Waals surface area contributed by atoms with E-state index in [0.717, 1.165) is 6.20 Å². The molecule has 0 saturated heterocycles. The summed E-state index contributed by atoms with van der Waals surface area (Å²) in [6.07, 6.45) is -1.61. The number of nitrogens with zero attached hydrogens (tertiary/aromatic N) is 1. The maximum atomic E-state index is 12.7. The molecule has 0 amide bonds. The van der Waals surface area contributed by atoms with Gasteiger partial charge in [-0.3, -0.25) is 0 Å². The third-order valence-electron chi connectivity index (χ3n) is 1.94. The van der Waals surface area contributed by atoms with Crippen LogP contribution >= 0.6 is 0 Å². The Bertz CT molecular complexity index is 344. The van der Waals surface area contributed by atoms with Gasteiger partial charge in [-0.1, -0.05) is 0 Å². The molecule has 0 unspecified atom stereocenters. The fourth-order valence-corrected chi connectivity index (χ4v) is 1.26.